The molecule has 1 rings (SSSR count). The van der Waals surface area contributed by atoms with Crippen LogP contribution in [-0.4, -0.2) is 17.2 Å². The lowest BCUT2D eigenvalue weighted by atomic mass is 10.3. The Morgan fingerprint density at radius 2 is 2.08 bits per heavy atom. The van der Waals surface area contributed by atoms with Gasteiger partial charge >= 0.3 is 0 Å². The van der Waals surface area contributed by atoms with Crippen molar-refractivity contribution in [2.45, 2.75) is 12.6 Å². The minimum absolute atomic E-state index is 0.0315. The largest absolute Gasteiger partial charge is 0.388 e. The van der Waals surface area contributed by atoms with Gasteiger partial charge in [0.25, 0.3) is 0 Å². The van der Waals surface area contributed by atoms with E-state index in [1.807, 2.05) is 30.3 Å². The number of benzene rings is 1. The van der Waals surface area contributed by atoms with Gasteiger partial charge in [-0.25, -0.2) is 0 Å². The van der Waals surface area contributed by atoms with E-state index in [1.165, 1.54) is 0 Å². The molecule has 1 aromatic carbocycles. The third-order valence-electron chi connectivity index (χ3n) is 1.52. The highest BCUT2D eigenvalue weighted by atomic mass is 16.3. The maximum absolute atomic E-state index is 9.34. The SMILES string of the molecule is N=C(N)CC(O)Nc1ccccc1. The molecule has 0 aliphatic heterocycles. The van der Waals surface area contributed by atoms with Crippen molar-refractivity contribution in [1.82, 2.24) is 0 Å². The Bertz CT molecular complexity index is 273. The number of aliphatic hydroxyl groups excluding tert-OH is 1. The molecule has 0 radical (unpaired) electrons. The van der Waals surface area contributed by atoms with E-state index in [4.69, 9.17) is 11.1 Å². The Morgan fingerprint density at radius 1 is 1.46 bits per heavy atom. The smallest absolute Gasteiger partial charge is 0.131 e. The number of para-hydroxylation sites is 1. The van der Waals surface area contributed by atoms with Crippen LogP contribution in [0.25, 0.3) is 0 Å². The van der Waals surface area contributed by atoms with Crippen LogP contribution in [0.5, 0.6) is 0 Å². The first-order chi connectivity index (χ1) is 6.18. The summed E-state index contributed by atoms with van der Waals surface area (Å²) in [6.45, 7) is 0. The average molecular weight is 179 g/mol. The van der Waals surface area contributed by atoms with Gasteiger partial charge in [-0.05, 0) is 12.1 Å². The topological polar surface area (TPSA) is 82.1 Å². The van der Waals surface area contributed by atoms with E-state index < -0.39 is 6.23 Å². The van der Waals surface area contributed by atoms with Crippen molar-refractivity contribution in [3.05, 3.63) is 30.3 Å². The van der Waals surface area contributed by atoms with Crippen LogP contribution in [0.3, 0.4) is 0 Å². The first-order valence-corrected chi connectivity index (χ1v) is 4.01. The number of anilines is 1. The third kappa shape index (κ3) is 3.57. The maximum atomic E-state index is 9.34. The predicted molar refractivity (Wildman–Crippen MR) is 52.6 cm³/mol. The van der Waals surface area contributed by atoms with Gasteiger partial charge in [0.05, 0.1) is 5.84 Å². The van der Waals surface area contributed by atoms with E-state index in [-0.39, 0.29) is 12.3 Å². The van der Waals surface area contributed by atoms with Crippen LogP contribution in [0.2, 0.25) is 0 Å². The van der Waals surface area contributed by atoms with Crippen LogP contribution in [0.15, 0.2) is 30.3 Å². The fourth-order valence-electron chi connectivity index (χ4n) is 0.986. The Kier molecular flexibility index (Phi) is 3.28. The molecule has 4 nitrogen and oxygen atoms in total. The molecule has 0 spiro atoms. The lowest BCUT2D eigenvalue weighted by molar-refractivity contribution is 0.211. The van der Waals surface area contributed by atoms with Gasteiger partial charge in [0, 0.05) is 12.1 Å². The van der Waals surface area contributed by atoms with Crippen LogP contribution < -0.4 is 11.1 Å². The monoisotopic (exact) mass is 179 g/mol. The second-order valence-corrected chi connectivity index (χ2v) is 2.76. The first kappa shape index (κ1) is 9.54. The summed E-state index contributed by atoms with van der Waals surface area (Å²) in [6, 6.07) is 9.29. The highest BCUT2D eigenvalue weighted by molar-refractivity contribution is 5.77. The van der Waals surface area contributed by atoms with Crippen LogP contribution in [0.4, 0.5) is 5.69 Å². The number of hydrogen-bond donors (Lipinski definition) is 4. The molecule has 0 aliphatic rings. The number of hydrogen-bond acceptors (Lipinski definition) is 3. The highest BCUT2D eigenvalue weighted by Crippen LogP contribution is 2.06. The lowest BCUT2D eigenvalue weighted by Crippen LogP contribution is -2.25. The Labute approximate surface area is 76.9 Å². The van der Waals surface area contributed by atoms with Gasteiger partial charge in [-0.2, -0.15) is 0 Å². The van der Waals surface area contributed by atoms with Crippen molar-refractivity contribution in [3.63, 3.8) is 0 Å². The summed E-state index contributed by atoms with van der Waals surface area (Å²) in [5.74, 6) is -0.0315. The zero-order chi connectivity index (χ0) is 9.68. The maximum Gasteiger partial charge on any atom is 0.131 e. The van der Waals surface area contributed by atoms with Crippen molar-refractivity contribution in [2.24, 2.45) is 5.73 Å². The molecule has 70 valence electrons. The molecular formula is C9H13N3O. The summed E-state index contributed by atoms with van der Waals surface area (Å²) < 4.78 is 0. The highest BCUT2D eigenvalue weighted by Gasteiger charge is 2.03. The third-order valence-corrected chi connectivity index (χ3v) is 1.52. The Morgan fingerprint density at radius 3 is 2.62 bits per heavy atom. The molecule has 0 amide bonds. The summed E-state index contributed by atoms with van der Waals surface area (Å²) in [5.41, 5.74) is 5.95. The molecule has 1 atom stereocenters. The lowest BCUT2D eigenvalue weighted by Gasteiger charge is -2.12. The van der Waals surface area contributed by atoms with E-state index in [1.54, 1.807) is 0 Å². The summed E-state index contributed by atoms with van der Waals surface area (Å²) in [4.78, 5) is 0. The van der Waals surface area contributed by atoms with Crippen LogP contribution in [0.1, 0.15) is 6.42 Å². The molecule has 5 N–H and O–H groups in total. The van der Waals surface area contributed by atoms with Crippen LogP contribution in [0, 0.1) is 5.41 Å². The molecule has 4 heteroatoms. The van der Waals surface area contributed by atoms with E-state index in [0.717, 1.165) is 5.69 Å². The Balaban J connectivity index is 2.45. The van der Waals surface area contributed by atoms with Gasteiger partial charge in [-0.15, -0.1) is 0 Å². The van der Waals surface area contributed by atoms with Crippen molar-refractivity contribution >= 4 is 11.5 Å². The first-order valence-electron chi connectivity index (χ1n) is 4.01. The quantitative estimate of drug-likeness (QED) is 0.312. The molecule has 1 unspecified atom stereocenters. The van der Waals surface area contributed by atoms with E-state index in [9.17, 15) is 5.11 Å². The number of nitrogens with one attached hydrogen (secondary N) is 2. The molecular weight excluding hydrogens is 166 g/mol. The summed E-state index contributed by atoms with van der Waals surface area (Å²) in [6.07, 6.45) is -0.658. The van der Waals surface area contributed by atoms with E-state index >= 15 is 0 Å². The molecule has 0 saturated carbocycles. The zero-order valence-corrected chi connectivity index (χ0v) is 7.20. The summed E-state index contributed by atoms with van der Waals surface area (Å²) in [7, 11) is 0. The molecule has 1 aromatic rings. The minimum atomic E-state index is -0.792. The predicted octanol–water partition coefficient (Wildman–Crippen LogP) is 0.743. The van der Waals surface area contributed by atoms with Crippen molar-refractivity contribution in [1.29, 1.82) is 5.41 Å². The number of amidine groups is 1. The zero-order valence-electron chi connectivity index (χ0n) is 7.20. The number of nitrogens with two attached hydrogens (primary N) is 1. The molecule has 0 aliphatic carbocycles. The fourth-order valence-corrected chi connectivity index (χ4v) is 0.986. The van der Waals surface area contributed by atoms with E-state index in [2.05, 4.69) is 5.32 Å². The van der Waals surface area contributed by atoms with Gasteiger partial charge in [0.15, 0.2) is 0 Å². The molecule has 0 bridgehead atoms. The van der Waals surface area contributed by atoms with Gasteiger partial charge in [0.1, 0.15) is 6.23 Å². The fraction of sp³-hybridized carbons (Fsp3) is 0.222. The molecule has 13 heavy (non-hydrogen) atoms. The molecule has 0 saturated heterocycles. The summed E-state index contributed by atoms with van der Waals surface area (Å²) >= 11 is 0. The number of aliphatic hydroxyl groups is 1. The van der Waals surface area contributed by atoms with Crippen molar-refractivity contribution in [2.75, 3.05) is 5.32 Å². The molecule has 0 aromatic heterocycles. The molecule has 0 fully saturated rings. The minimum Gasteiger partial charge on any atom is -0.388 e. The second kappa shape index (κ2) is 4.47. The van der Waals surface area contributed by atoms with Crippen molar-refractivity contribution in [3.8, 4) is 0 Å². The van der Waals surface area contributed by atoms with Gasteiger partial charge in [-0.1, -0.05) is 18.2 Å². The second-order valence-electron chi connectivity index (χ2n) is 2.76. The van der Waals surface area contributed by atoms with Crippen LogP contribution >= 0.6 is 0 Å². The van der Waals surface area contributed by atoms with Gasteiger partial charge in [-0.3, -0.25) is 5.41 Å². The molecule has 0 heterocycles. The van der Waals surface area contributed by atoms with E-state index in [0.29, 0.717) is 0 Å². The van der Waals surface area contributed by atoms with Gasteiger partial charge in [0.2, 0.25) is 0 Å². The van der Waals surface area contributed by atoms with Gasteiger partial charge < -0.3 is 16.2 Å². The standard InChI is InChI=1S/C9H13N3O/c10-8(11)6-9(13)12-7-4-2-1-3-5-7/h1-5,9,12-13H,6H2,(H3,10,11). The number of rotatable bonds is 4. The normalized spacial score (nSPS) is 12.1. The Hall–Kier alpha value is -1.55. The van der Waals surface area contributed by atoms with Crippen molar-refractivity contribution < 1.29 is 5.11 Å². The average Bonchev–Trinajstić information content (AvgIpc) is 2.04. The summed E-state index contributed by atoms with van der Waals surface area (Å²) in [5, 5.41) is 19.1. The van der Waals surface area contributed by atoms with Crippen LogP contribution in [-0.2, 0) is 0 Å².